The van der Waals surface area contributed by atoms with E-state index in [1.165, 1.54) is 11.1 Å². The van der Waals surface area contributed by atoms with Crippen LogP contribution in [0.1, 0.15) is 42.2 Å². The zero-order valence-electron chi connectivity index (χ0n) is 14.5. The normalized spacial score (nSPS) is 32.3. The topological polar surface area (TPSA) is 20.3 Å². The van der Waals surface area contributed by atoms with E-state index in [-0.39, 0.29) is 11.5 Å². The van der Waals surface area contributed by atoms with Crippen LogP contribution in [0.2, 0.25) is 0 Å². The van der Waals surface area contributed by atoms with Gasteiger partial charge < -0.3 is 4.90 Å². The van der Waals surface area contributed by atoms with Gasteiger partial charge in [-0.2, -0.15) is 0 Å². The molecule has 3 aliphatic carbocycles. The van der Waals surface area contributed by atoms with Gasteiger partial charge in [-0.15, -0.1) is 0 Å². The lowest BCUT2D eigenvalue weighted by atomic mass is 9.52. The molecule has 0 unspecified atom stereocenters. The first-order chi connectivity index (χ1) is 11.6. The number of hydrogen-bond acceptors (Lipinski definition) is 2. The molecule has 5 rings (SSSR count). The van der Waals surface area contributed by atoms with Gasteiger partial charge in [0.2, 0.25) is 0 Å². The third-order valence-electron chi connectivity index (χ3n) is 6.35. The molecule has 2 bridgehead atoms. The number of ketones is 1. The van der Waals surface area contributed by atoms with Gasteiger partial charge in [-0.3, -0.25) is 4.79 Å². The summed E-state index contributed by atoms with van der Waals surface area (Å²) in [6.45, 7) is 0. The van der Waals surface area contributed by atoms with Crippen molar-refractivity contribution in [3.63, 3.8) is 0 Å². The molecule has 3 fully saturated rings. The summed E-state index contributed by atoms with van der Waals surface area (Å²) in [6.07, 6.45) is 2.88. The van der Waals surface area contributed by atoms with E-state index in [0.29, 0.717) is 24.0 Å². The summed E-state index contributed by atoms with van der Waals surface area (Å²) < 4.78 is 0. The molecule has 3 saturated carbocycles. The molecular formula is C22H25NO. The van der Waals surface area contributed by atoms with Crippen molar-refractivity contribution < 1.29 is 4.79 Å². The Labute approximate surface area is 144 Å². The van der Waals surface area contributed by atoms with Gasteiger partial charge in [0.1, 0.15) is 5.78 Å². The first kappa shape index (κ1) is 15.6. The van der Waals surface area contributed by atoms with Crippen LogP contribution in [0.25, 0.3) is 0 Å². The quantitative estimate of drug-likeness (QED) is 0.843. The molecule has 0 heterocycles. The molecule has 24 heavy (non-hydrogen) atoms. The van der Waals surface area contributed by atoms with Crippen LogP contribution in [-0.2, 0) is 4.79 Å². The summed E-state index contributed by atoms with van der Waals surface area (Å²) in [7, 11) is 4.28. The van der Waals surface area contributed by atoms with E-state index >= 15 is 0 Å². The number of hydrogen-bond donors (Lipinski definition) is 0. The second kappa shape index (κ2) is 5.86. The summed E-state index contributed by atoms with van der Waals surface area (Å²) in [5.74, 6) is 1.23. The Hall–Kier alpha value is -1.93. The number of carbonyl (C=O) groups is 1. The van der Waals surface area contributed by atoms with E-state index < -0.39 is 0 Å². The molecule has 0 radical (unpaired) electrons. The molecule has 2 atom stereocenters. The van der Waals surface area contributed by atoms with Crippen molar-refractivity contribution in [2.75, 3.05) is 14.1 Å². The minimum absolute atomic E-state index is 0.00709. The van der Waals surface area contributed by atoms with Crippen LogP contribution in [0, 0.1) is 5.92 Å². The third-order valence-corrected chi connectivity index (χ3v) is 6.35. The molecule has 3 aliphatic rings. The van der Waals surface area contributed by atoms with E-state index in [1.54, 1.807) is 0 Å². The Morgan fingerprint density at radius 2 is 1.29 bits per heavy atom. The molecule has 0 spiro atoms. The third kappa shape index (κ3) is 2.41. The predicted octanol–water partition coefficient (Wildman–Crippen LogP) is 4.24. The maximum absolute atomic E-state index is 13.1. The zero-order valence-corrected chi connectivity index (χ0v) is 14.5. The van der Waals surface area contributed by atoms with E-state index in [1.807, 2.05) is 0 Å². The Morgan fingerprint density at radius 3 is 1.71 bits per heavy atom. The number of nitrogens with zero attached hydrogens (tertiary/aromatic N) is 1. The number of benzene rings is 2. The molecule has 2 aromatic carbocycles. The molecular weight excluding hydrogens is 294 g/mol. The second-order valence-corrected chi connectivity index (χ2v) is 7.73. The van der Waals surface area contributed by atoms with Gasteiger partial charge in [0.05, 0.1) is 0 Å². The molecule has 124 valence electrons. The Balaban J connectivity index is 1.81. The smallest absolute Gasteiger partial charge is 0.139 e. The largest absolute Gasteiger partial charge is 0.303 e. The molecule has 2 heteroatoms. The highest BCUT2D eigenvalue weighted by molar-refractivity contribution is 5.86. The SMILES string of the molecule is CN(C)C12CC(=O)C([C@@H](c3ccccc3)C1)[C@@H](c1ccccc1)C2. The average molecular weight is 319 g/mol. The molecule has 0 saturated heterocycles. The number of fused-ring (bicyclic) bond motifs is 3. The second-order valence-electron chi connectivity index (χ2n) is 7.73. The van der Waals surface area contributed by atoms with Crippen LogP contribution in [0.15, 0.2) is 60.7 Å². The lowest BCUT2D eigenvalue weighted by molar-refractivity contribution is -0.138. The van der Waals surface area contributed by atoms with Crippen LogP contribution in [0.5, 0.6) is 0 Å². The monoisotopic (exact) mass is 319 g/mol. The van der Waals surface area contributed by atoms with Gasteiger partial charge in [-0.25, -0.2) is 0 Å². The van der Waals surface area contributed by atoms with Gasteiger partial charge in [0, 0.05) is 17.9 Å². The highest BCUT2D eigenvalue weighted by Crippen LogP contribution is 2.57. The van der Waals surface area contributed by atoms with Gasteiger partial charge in [0.25, 0.3) is 0 Å². The van der Waals surface area contributed by atoms with Crippen molar-refractivity contribution in [3.05, 3.63) is 71.8 Å². The fraction of sp³-hybridized carbons (Fsp3) is 0.409. The lowest BCUT2D eigenvalue weighted by Gasteiger charge is -2.56. The van der Waals surface area contributed by atoms with E-state index in [4.69, 9.17) is 0 Å². The van der Waals surface area contributed by atoms with Crippen molar-refractivity contribution in [3.8, 4) is 0 Å². The van der Waals surface area contributed by atoms with Crippen molar-refractivity contribution in [2.45, 2.75) is 36.6 Å². The van der Waals surface area contributed by atoms with Crippen molar-refractivity contribution in [1.82, 2.24) is 4.90 Å². The maximum atomic E-state index is 13.1. The van der Waals surface area contributed by atoms with Crippen LogP contribution < -0.4 is 0 Å². The molecule has 0 amide bonds. The fourth-order valence-corrected chi connectivity index (χ4v) is 5.05. The molecule has 2 nitrogen and oxygen atoms in total. The molecule has 0 aromatic heterocycles. The Kier molecular flexibility index (Phi) is 3.80. The minimum atomic E-state index is -0.00709. The summed E-state index contributed by atoms with van der Waals surface area (Å²) in [4.78, 5) is 15.4. The first-order valence-corrected chi connectivity index (χ1v) is 8.91. The van der Waals surface area contributed by atoms with Crippen LogP contribution >= 0.6 is 0 Å². The van der Waals surface area contributed by atoms with Gasteiger partial charge in [-0.1, -0.05) is 60.7 Å². The standard InChI is InChI=1S/C22H25NO/c1-23(2)22-13-18(16-9-5-3-6-10-16)21(20(24)15-22)19(14-22)17-11-7-4-8-12-17/h3-12,18-19,21H,13-15H2,1-2H3/t18-,19-,21?,22?/m1/s1. The van der Waals surface area contributed by atoms with E-state index in [2.05, 4.69) is 79.7 Å². The molecule has 0 N–H and O–H groups in total. The van der Waals surface area contributed by atoms with Crippen molar-refractivity contribution >= 4 is 5.78 Å². The van der Waals surface area contributed by atoms with Gasteiger partial charge in [0.15, 0.2) is 0 Å². The minimum Gasteiger partial charge on any atom is -0.303 e. The van der Waals surface area contributed by atoms with Crippen LogP contribution in [-0.4, -0.2) is 30.3 Å². The van der Waals surface area contributed by atoms with Gasteiger partial charge >= 0.3 is 0 Å². The summed E-state index contributed by atoms with van der Waals surface area (Å²) >= 11 is 0. The maximum Gasteiger partial charge on any atom is 0.139 e. The number of rotatable bonds is 3. The fourth-order valence-electron chi connectivity index (χ4n) is 5.05. The van der Waals surface area contributed by atoms with Crippen LogP contribution in [0.4, 0.5) is 0 Å². The highest BCUT2D eigenvalue weighted by Gasteiger charge is 2.56. The van der Waals surface area contributed by atoms with Crippen LogP contribution in [0.3, 0.4) is 0 Å². The number of carbonyl (C=O) groups excluding carboxylic acids is 1. The molecule has 2 aromatic rings. The van der Waals surface area contributed by atoms with Gasteiger partial charge in [-0.05, 0) is 49.9 Å². The molecule has 0 aliphatic heterocycles. The van der Waals surface area contributed by atoms with E-state index in [0.717, 1.165) is 12.8 Å². The van der Waals surface area contributed by atoms with E-state index in [9.17, 15) is 4.79 Å². The summed E-state index contributed by atoms with van der Waals surface area (Å²) in [5, 5.41) is 0. The number of Topliss-reactive ketones (excluding diaryl/α,β-unsaturated/α-hetero) is 1. The zero-order chi connectivity index (χ0) is 16.7. The predicted molar refractivity (Wildman–Crippen MR) is 97.1 cm³/mol. The van der Waals surface area contributed by atoms with Crippen molar-refractivity contribution in [1.29, 1.82) is 0 Å². The first-order valence-electron chi connectivity index (χ1n) is 8.91. The van der Waals surface area contributed by atoms with Crippen molar-refractivity contribution in [2.24, 2.45) is 5.92 Å². The summed E-state index contributed by atoms with van der Waals surface area (Å²) in [6, 6.07) is 21.3. The Bertz CT molecular complexity index is 673. The Morgan fingerprint density at radius 1 is 0.833 bits per heavy atom. The average Bonchev–Trinajstić information content (AvgIpc) is 2.62. The summed E-state index contributed by atoms with van der Waals surface area (Å²) in [5.41, 5.74) is 2.64. The lowest BCUT2D eigenvalue weighted by Crippen LogP contribution is -2.59. The highest BCUT2D eigenvalue weighted by atomic mass is 16.1.